The highest BCUT2D eigenvalue weighted by atomic mass is 16.6. The largest absolute Gasteiger partial charge is 0.431 e. The zero-order valence-electron chi connectivity index (χ0n) is 13.0. The molecule has 0 fully saturated rings. The molecule has 5 nitrogen and oxygen atoms in total. The molecule has 0 aromatic heterocycles. The Morgan fingerprint density at radius 1 is 1.25 bits per heavy atom. The Labute approximate surface area is 121 Å². The number of amides is 1. The molecule has 0 spiro atoms. The van der Waals surface area contributed by atoms with Crippen molar-refractivity contribution >= 4 is 11.9 Å². The molecule has 114 valence electrons. The van der Waals surface area contributed by atoms with Gasteiger partial charge < -0.3 is 10.1 Å². The fraction of sp³-hybridized carbons (Fsp3) is 0.800. The van der Waals surface area contributed by atoms with Gasteiger partial charge in [0.2, 0.25) is 0 Å². The van der Waals surface area contributed by atoms with Gasteiger partial charge in [-0.2, -0.15) is 5.26 Å². The van der Waals surface area contributed by atoms with Crippen molar-refractivity contribution in [2.24, 2.45) is 0 Å². The van der Waals surface area contributed by atoms with Crippen LogP contribution in [0.4, 0.5) is 4.79 Å². The van der Waals surface area contributed by atoms with Crippen LogP contribution in [0.5, 0.6) is 0 Å². The summed E-state index contributed by atoms with van der Waals surface area (Å²) in [6.07, 6.45) is 2.87. The van der Waals surface area contributed by atoms with Crippen molar-refractivity contribution in [3.8, 4) is 6.07 Å². The number of nitrogens with zero attached hydrogens (tertiary/aromatic N) is 1. The number of carbonyl (C=O) groups is 2. The molecule has 0 unspecified atom stereocenters. The molecule has 0 saturated heterocycles. The van der Waals surface area contributed by atoms with Crippen molar-refractivity contribution in [1.29, 1.82) is 5.26 Å². The zero-order chi connectivity index (χ0) is 15.6. The van der Waals surface area contributed by atoms with Crippen molar-refractivity contribution in [3.63, 3.8) is 0 Å². The average molecular weight is 282 g/mol. The normalized spacial score (nSPS) is 12.3. The quantitative estimate of drug-likeness (QED) is 0.692. The second-order valence-electron chi connectivity index (χ2n) is 5.89. The van der Waals surface area contributed by atoms with E-state index in [1.54, 1.807) is 0 Å². The van der Waals surface area contributed by atoms with Crippen molar-refractivity contribution < 1.29 is 14.3 Å². The predicted molar refractivity (Wildman–Crippen MR) is 77.2 cm³/mol. The van der Waals surface area contributed by atoms with Gasteiger partial charge in [-0.25, -0.2) is 4.79 Å². The van der Waals surface area contributed by atoms with E-state index < -0.39 is 12.2 Å². The van der Waals surface area contributed by atoms with E-state index in [4.69, 9.17) is 10.00 Å². The highest BCUT2D eigenvalue weighted by Gasteiger charge is 2.18. The molecule has 0 aromatic carbocycles. The summed E-state index contributed by atoms with van der Waals surface area (Å²) in [5, 5.41) is 11.6. The van der Waals surface area contributed by atoms with E-state index in [1.165, 1.54) is 0 Å². The molecule has 0 aliphatic carbocycles. The number of ether oxygens (including phenoxy) is 1. The summed E-state index contributed by atoms with van der Waals surface area (Å²) in [7, 11) is 0. The monoisotopic (exact) mass is 282 g/mol. The first kappa shape index (κ1) is 18.4. The first-order valence-electron chi connectivity index (χ1n) is 7.18. The minimum Gasteiger partial charge on any atom is -0.431 e. The second-order valence-corrected chi connectivity index (χ2v) is 5.89. The van der Waals surface area contributed by atoms with E-state index in [-0.39, 0.29) is 11.3 Å². The van der Waals surface area contributed by atoms with Gasteiger partial charge in [0.05, 0.1) is 0 Å². The molecule has 0 heterocycles. The van der Waals surface area contributed by atoms with Gasteiger partial charge in [0.1, 0.15) is 11.9 Å². The molecule has 0 saturated carbocycles. The van der Waals surface area contributed by atoms with Gasteiger partial charge in [0.25, 0.3) is 0 Å². The fourth-order valence-corrected chi connectivity index (χ4v) is 1.62. The summed E-state index contributed by atoms with van der Waals surface area (Å²) in [6.45, 7) is 7.40. The average Bonchev–Trinajstić information content (AvgIpc) is 2.34. The molecule has 5 heteroatoms. The third kappa shape index (κ3) is 10.4. The van der Waals surface area contributed by atoms with Crippen molar-refractivity contribution in [2.45, 2.75) is 77.9 Å². The van der Waals surface area contributed by atoms with E-state index >= 15 is 0 Å². The van der Waals surface area contributed by atoms with Crippen LogP contribution in [0.15, 0.2) is 0 Å². The van der Waals surface area contributed by atoms with Crippen LogP contribution in [0.3, 0.4) is 0 Å². The highest BCUT2D eigenvalue weighted by Crippen LogP contribution is 2.10. The van der Waals surface area contributed by atoms with Crippen LogP contribution >= 0.6 is 0 Å². The van der Waals surface area contributed by atoms with Crippen molar-refractivity contribution in [3.05, 3.63) is 0 Å². The highest BCUT2D eigenvalue weighted by molar-refractivity contribution is 5.77. The van der Waals surface area contributed by atoms with Gasteiger partial charge in [-0.3, -0.25) is 4.79 Å². The summed E-state index contributed by atoms with van der Waals surface area (Å²) >= 11 is 0. The molecule has 1 atom stereocenters. The Balaban J connectivity index is 3.86. The molecule has 20 heavy (non-hydrogen) atoms. The molecule has 0 aliphatic rings. The molecule has 0 rings (SSSR count). The van der Waals surface area contributed by atoms with Gasteiger partial charge in [-0.1, -0.05) is 13.3 Å². The number of hydrogen-bond acceptors (Lipinski definition) is 4. The number of nitrogens with one attached hydrogen (secondary N) is 1. The minimum absolute atomic E-state index is 0.266. The van der Waals surface area contributed by atoms with Gasteiger partial charge in [0.15, 0.2) is 6.10 Å². The van der Waals surface area contributed by atoms with Gasteiger partial charge >= 0.3 is 6.09 Å². The van der Waals surface area contributed by atoms with Crippen LogP contribution in [-0.4, -0.2) is 23.5 Å². The SMILES string of the molecule is CCC(=O)CCCCC[C@@H](C#N)OC(=O)NC(C)(C)C. The second kappa shape index (κ2) is 9.35. The van der Waals surface area contributed by atoms with Crippen LogP contribution in [-0.2, 0) is 9.53 Å². The van der Waals surface area contributed by atoms with Crippen LogP contribution in [0.25, 0.3) is 0 Å². The number of alkyl carbamates (subject to hydrolysis) is 1. The van der Waals surface area contributed by atoms with E-state index in [1.807, 2.05) is 33.8 Å². The molecule has 1 N–H and O–H groups in total. The van der Waals surface area contributed by atoms with E-state index in [0.29, 0.717) is 19.3 Å². The Kier molecular flexibility index (Phi) is 8.62. The van der Waals surface area contributed by atoms with Crippen LogP contribution in [0.2, 0.25) is 0 Å². The molecule has 0 aromatic rings. The first-order valence-corrected chi connectivity index (χ1v) is 7.18. The maximum Gasteiger partial charge on any atom is 0.408 e. The maximum atomic E-state index is 11.5. The lowest BCUT2D eigenvalue weighted by molar-refractivity contribution is -0.118. The van der Waals surface area contributed by atoms with Crippen LogP contribution < -0.4 is 5.32 Å². The fourth-order valence-electron chi connectivity index (χ4n) is 1.62. The number of hydrogen-bond donors (Lipinski definition) is 1. The number of nitriles is 1. The first-order chi connectivity index (χ1) is 9.28. The number of ketones is 1. The third-order valence-electron chi connectivity index (χ3n) is 2.69. The lowest BCUT2D eigenvalue weighted by Crippen LogP contribution is -2.42. The summed E-state index contributed by atoms with van der Waals surface area (Å²) in [5.74, 6) is 0.266. The molecule has 0 bridgehead atoms. The standard InChI is InChI=1S/C15H26N2O3/c1-5-12(18)9-7-6-8-10-13(11-16)20-14(19)17-15(2,3)4/h13H,5-10H2,1-4H3,(H,17,19)/t13-/m0/s1. The summed E-state index contributed by atoms with van der Waals surface area (Å²) in [5.41, 5.74) is -0.377. The lowest BCUT2D eigenvalue weighted by Gasteiger charge is -2.21. The third-order valence-corrected chi connectivity index (χ3v) is 2.69. The molecular formula is C15H26N2O3. The smallest absolute Gasteiger partial charge is 0.408 e. The topological polar surface area (TPSA) is 79.2 Å². The van der Waals surface area contributed by atoms with Crippen LogP contribution in [0, 0.1) is 11.3 Å². The van der Waals surface area contributed by atoms with E-state index in [2.05, 4.69) is 5.32 Å². The Morgan fingerprint density at radius 3 is 2.40 bits per heavy atom. The number of unbranched alkanes of at least 4 members (excludes halogenated alkanes) is 2. The lowest BCUT2D eigenvalue weighted by atomic mass is 10.1. The summed E-state index contributed by atoms with van der Waals surface area (Å²) in [4.78, 5) is 22.6. The Hall–Kier alpha value is -1.57. The maximum absolute atomic E-state index is 11.5. The van der Waals surface area contributed by atoms with Crippen molar-refractivity contribution in [2.75, 3.05) is 0 Å². The zero-order valence-corrected chi connectivity index (χ0v) is 13.0. The van der Waals surface area contributed by atoms with Crippen LogP contribution in [0.1, 0.15) is 66.2 Å². The summed E-state index contributed by atoms with van der Waals surface area (Å²) in [6, 6.07) is 1.98. The molecule has 0 radical (unpaired) electrons. The predicted octanol–water partition coefficient (Wildman–Crippen LogP) is 3.33. The van der Waals surface area contributed by atoms with Gasteiger partial charge in [0, 0.05) is 18.4 Å². The number of carbonyl (C=O) groups excluding carboxylic acids is 2. The molecule has 1 amide bonds. The van der Waals surface area contributed by atoms with Crippen molar-refractivity contribution in [1.82, 2.24) is 5.32 Å². The number of Topliss-reactive ketones (excluding diaryl/α,β-unsaturated/α-hetero) is 1. The summed E-state index contributed by atoms with van der Waals surface area (Å²) < 4.78 is 5.05. The van der Waals surface area contributed by atoms with E-state index in [9.17, 15) is 9.59 Å². The minimum atomic E-state index is -0.723. The Bertz CT molecular complexity index is 353. The Morgan fingerprint density at radius 2 is 1.90 bits per heavy atom. The van der Waals surface area contributed by atoms with Gasteiger partial charge in [-0.05, 0) is 40.0 Å². The molecule has 0 aliphatic heterocycles. The molecular weight excluding hydrogens is 256 g/mol. The number of rotatable bonds is 8. The van der Waals surface area contributed by atoms with Gasteiger partial charge in [-0.15, -0.1) is 0 Å². The van der Waals surface area contributed by atoms with E-state index in [0.717, 1.165) is 19.3 Å².